The monoisotopic (exact) mass is 370 g/mol. The summed E-state index contributed by atoms with van der Waals surface area (Å²) in [7, 11) is 1.61. The van der Waals surface area contributed by atoms with Crippen molar-refractivity contribution in [2.24, 2.45) is 0 Å². The van der Waals surface area contributed by atoms with Crippen LogP contribution in [0, 0.1) is 0 Å². The average molecular weight is 370 g/mol. The van der Waals surface area contributed by atoms with Gasteiger partial charge in [0.15, 0.2) is 18.9 Å². The molecule has 0 radical (unpaired) electrons. The van der Waals surface area contributed by atoms with Crippen molar-refractivity contribution in [2.75, 3.05) is 13.7 Å². The average Bonchev–Trinajstić information content (AvgIpc) is 3.20. The molecule has 27 heavy (non-hydrogen) atoms. The minimum absolute atomic E-state index is 0.269. The highest BCUT2D eigenvalue weighted by atomic mass is 16.8. The molecule has 6 nitrogen and oxygen atoms in total. The SMILES string of the molecule is CO[C@@H]1O[C@@H]2CO[C@H](c3ccccc3)O[C@@H]2[C@@H]2O[C@H](c3ccccc3)O[C@H]12. The highest BCUT2D eigenvalue weighted by Crippen LogP contribution is 2.43. The van der Waals surface area contributed by atoms with Crippen LogP contribution in [0.3, 0.4) is 0 Å². The van der Waals surface area contributed by atoms with Crippen molar-refractivity contribution in [3.05, 3.63) is 71.8 Å². The second kappa shape index (κ2) is 7.31. The van der Waals surface area contributed by atoms with Crippen LogP contribution in [0.25, 0.3) is 0 Å². The standard InChI is InChI=1S/C21H22O6/c1-22-21-18-17(26-20(27-18)14-10-6-3-7-11-14)16-15(24-21)12-23-19(25-16)13-8-4-2-5-9-13/h2-11,15-21H,12H2,1H3/t15-,16+,17+,18+,19+,20+,21-/m1/s1. The first-order valence-electron chi connectivity index (χ1n) is 9.19. The summed E-state index contributed by atoms with van der Waals surface area (Å²) in [5, 5.41) is 0. The molecule has 3 saturated heterocycles. The molecule has 0 amide bonds. The zero-order valence-electron chi connectivity index (χ0n) is 15.0. The van der Waals surface area contributed by atoms with Gasteiger partial charge in [0.05, 0.1) is 6.61 Å². The summed E-state index contributed by atoms with van der Waals surface area (Å²) in [5.41, 5.74) is 1.94. The number of hydrogen-bond acceptors (Lipinski definition) is 6. The summed E-state index contributed by atoms with van der Waals surface area (Å²) >= 11 is 0. The maximum atomic E-state index is 6.27. The summed E-state index contributed by atoms with van der Waals surface area (Å²) in [6, 6.07) is 19.8. The van der Waals surface area contributed by atoms with E-state index in [-0.39, 0.29) is 24.4 Å². The Balaban J connectivity index is 1.39. The molecular formula is C21H22O6. The first kappa shape index (κ1) is 17.3. The molecule has 3 heterocycles. The molecule has 5 rings (SSSR count). The summed E-state index contributed by atoms with van der Waals surface area (Å²) in [6.45, 7) is 0.409. The third-order valence-electron chi connectivity index (χ3n) is 5.22. The van der Waals surface area contributed by atoms with Crippen LogP contribution in [0.4, 0.5) is 0 Å². The van der Waals surface area contributed by atoms with E-state index in [1.165, 1.54) is 0 Å². The van der Waals surface area contributed by atoms with Crippen molar-refractivity contribution in [3.8, 4) is 0 Å². The first-order valence-corrected chi connectivity index (χ1v) is 9.19. The minimum atomic E-state index is -0.523. The van der Waals surface area contributed by atoms with Gasteiger partial charge in [-0.1, -0.05) is 60.7 Å². The molecule has 3 aliphatic heterocycles. The van der Waals surface area contributed by atoms with Crippen molar-refractivity contribution in [2.45, 2.75) is 43.3 Å². The van der Waals surface area contributed by atoms with Crippen LogP contribution in [0.5, 0.6) is 0 Å². The van der Waals surface area contributed by atoms with E-state index in [9.17, 15) is 0 Å². The van der Waals surface area contributed by atoms with Crippen LogP contribution < -0.4 is 0 Å². The lowest BCUT2D eigenvalue weighted by Crippen LogP contribution is -2.61. The Morgan fingerprint density at radius 2 is 1.30 bits per heavy atom. The van der Waals surface area contributed by atoms with E-state index in [0.29, 0.717) is 6.61 Å². The lowest BCUT2D eigenvalue weighted by Gasteiger charge is -2.45. The maximum absolute atomic E-state index is 6.27. The number of rotatable bonds is 3. The molecule has 7 atom stereocenters. The lowest BCUT2D eigenvalue weighted by atomic mass is 9.98. The Morgan fingerprint density at radius 3 is 1.96 bits per heavy atom. The smallest absolute Gasteiger partial charge is 0.186 e. The third-order valence-corrected chi connectivity index (χ3v) is 5.22. The molecular weight excluding hydrogens is 348 g/mol. The van der Waals surface area contributed by atoms with Gasteiger partial charge in [-0.15, -0.1) is 0 Å². The topological polar surface area (TPSA) is 55.4 Å². The summed E-state index contributed by atoms with van der Waals surface area (Å²) in [4.78, 5) is 0. The molecule has 2 aromatic rings. The minimum Gasteiger partial charge on any atom is -0.353 e. The molecule has 0 N–H and O–H groups in total. The molecule has 3 aliphatic rings. The predicted molar refractivity (Wildman–Crippen MR) is 94.6 cm³/mol. The van der Waals surface area contributed by atoms with Gasteiger partial charge in [-0.05, 0) is 0 Å². The van der Waals surface area contributed by atoms with Gasteiger partial charge in [-0.3, -0.25) is 0 Å². The van der Waals surface area contributed by atoms with Crippen LogP contribution in [0.1, 0.15) is 23.7 Å². The van der Waals surface area contributed by atoms with Crippen molar-refractivity contribution >= 4 is 0 Å². The number of benzene rings is 2. The van der Waals surface area contributed by atoms with Crippen LogP contribution in [-0.4, -0.2) is 44.4 Å². The Morgan fingerprint density at radius 1 is 0.704 bits per heavy atom. The zero-order valence-corrected chi connectivity index (χ0v) is 15.0. The fourth-order valence-corrected chi connectivity index (χ4v) is 3.90. The molecule has 3 fully saturated rings. The van der Waals surface area contributed by atoms with Crippen molar-refractivity contribution < 1.29 is 28.4 Å². The van der Waals surface area contributed by atoms with E-state index in [4.69, 9.17) is 28.4 Å². The molecule has 0 spiro atoms. The fourth-order valence-electron chi connectivity index (χ4n) is 3.90. The number of fused-ring (bicyclic) bond motifs is 3. The second-order valence-corrected chi connectivity index (χ2v) is 6.90. The van der Waals surface area contributed by atoms with Gasteiger partial charge in [0, 0.05) is 18.2 Å². The van der Waals surface area contributed by atoms with Crippen LogP contribution in [-0.2, 0) is 28.4 Å². The van der Waals surface area contributed by atoms with E-state index in [0.717, 1.165) is 11.1 Å². The molecule has 6 heteroatoms. The normalized spacial score (nSPS) is 38.2. The van der Waals surface area contributed by atoms with E-state index in [1.807, 2.05) is 60.7 Å². The van der Waals surface area contributed by atoms with Gasteiger partial charge in [-0.2, -0.15) is 0 Å². The van der Waals surface area contributed by atoms with Gasteiger partial charge in [-0.25, -0.2) is 0 Å². The molecule has 0 unspecified atom stereocenters. The zero-order chi connectivity index (χ0) is 18.2. The summed E-state index contributed by atoms with van der Waals surface area (Å²) in [5.74, 6) is 0. The first-order chi connectivity index (χ1) is 13.3. The molecule has 2 aromatic carbocycles. The van der Waals surface area contributed by atoms with Crippen LogP contribution in [0.2, 0.25) is 0 Å². The molecule has 0 bridgehead atoms. The molecule has 142 valence electrons. The lowest BCUT2D eigenvalue weighted by molar-refractivity contribution is -0.343. The predicted octanol–water partition coefficient (Wildman–Crippen LogP) is 2.95. The Bertz CT molecular complexity index is 754. The summed E-state index contributed by atoms with van der Waals surface area (Å²) in [6.07, 6.45) is -2.67. The Labute approximate surface area is 157 Å². The number of hydrogen-bond donors (Lipinski definition) is 0. The van der Waals surface area contributed by atoms with Crippen molar-refractivity contribution in [1.29, 1.82) is 0 Å². The second-order valence-electron chi connectivity index (χ2n) is 6.90. The van der Waals surface area contributed by atoms with Crippen molar-refractivity contribution in [3.63, 3.8) is 0 Å². The van der Waals surface area contributed by atoms with Gasteiger partial charge in [0.25, 0.3) is 0 Å². The van der Waals surface area contributed by atoms with Crippen LogP contribution >= 0.6 is 0 Å². The largest absolute Gasteiger partial charge is 0.353 e. The fraction of sp³-hybridized carbons (Fsp3) is 0.429. The third kappa shape index (κ3) is 3.18. The van der Waals surface area contributed by atoms with Gasteiger partial charge in [0.1, 0.15) is 24.4 Å². The van der Waals surface area contributed by atoms with Crippen molar-refractivity contribution in [1.82, 2.24) is 0 Å². The van der Waals surface area contributed by atoms with E-state index >= 15 is 0 Å². The van der Waals surface area contributed by atoms with Gasteiger partial charge in [0.2, 0.25) is 0 Å². The molecule has 0 saturated carbocycles. The number of methoxy groups -OCH3 is 1. The molecule has 0 aliphatic carbocycles. The van der Waals surface area contributed by atoms with Crippen LogP contribution in [0.15, 0.2) is 60.7 Å². The number of ether oxygens (including phenoxy) is 6. The summed E-state index contributed by atoms with van der Waals surface area (Å²) < 4.78 is 36.1. The van der Waals surface area contributed by atoms with E-state index in [1.54, 1.807) is 7.11 Å². The Hall–Kier alpha value is -1.80. The highest BCUT2D eigenvalue weighted by Gasteiger charge is 2.56. The highest BCUT2D eigenvalue weighted by molar-refractivity contribution is 5.18. The Kier molecular flexibility index (Phi) is 4.69. The van der Waals surface area contributed by atoms with E-state index in [2.05, 4.69) is 0 Å². The van der Waals surface area contributed by atoms with Gasteiger partial charge >= 0.3 is 0 Å². The van der Waals surface area contributed by atoms with E-state index < -0.39 is 18.9 Å². The maximum Gasteiger partial charge on any atom is 0.186 e. The molecule has 0 aromatic heterocycles. The quantitative estimate of drug-likeness (QED) is 0.828. The van der Waals surface area contributed by atoms with Gasteiger partial charge < -0.3 is 28.4 Å².